The summed E-state index contributed by atoms with van der Waals surface area (Å²) >= 11 is 5.07. The number of carbonyl (C=O) groups excluding carboxylic acids is 2. The lowest BCUT2D eigenvalue weighted by molar-refractivity contribution is -0.124. The second-order valence-electron chi connectivity index (χ2n) is 4.35. The average Bonchev–Trinajstić information content (AvgIpc) is 2.75. The van der Waals surface area contributed by atoms with Crippen LogP contribution < -0.4 is 0 Å². The molecule has 0 unspecified atom stereocenters. The van der Waals surface area contributed by atoms with Crippen molar-refractivity contribution in [1.29, 1.82) is 0 Å². The Morgan fingerprint density at radius 1 is 1.62 bits per heavy atom. The zero-order chi connectivity index (χ0) is 11.7. The molecular formula is C12H13BrO2S. The van der Waals surface area contributed by atoms with Crippen molar-refractivity contribution in [3.63, 3.8) is 0 Å². The highest BCUT2D eigenvalue weighted by atomic mass is 79.9. The highest BCUT2D eigenvalue weighted by Crippen LogP contribution is 2.33. The van der Waals surface area contributed by atoms with Crippen molar-refractivity contribution >= 4 is 38.8 Å². The van der Waals surface area contributed by atoms with Crippen molar-refractivity contribution in [1.82, 2.24) is 0 Å². The van der Waals surface area contributed by atoms with Crippen LogP contribution in [0.3, 0.4) is 0 Å². The molecule has 0 saturated heterocycles. The predicted molar refractivity (Wildman–Crippen MR) is 67.6 cm³/mol. The summed E-state index contributed by atoms with van der Waals surface area (Å²) in [4.78, 5) is 24.2. The smallest absolute Gasteiger partial charge is 0.137 e. The Labute approximate surface area is 107 Å². The molecule has 16 heavy (non-hydrogen) atoms. The fraction of sp³-hybridized carbons (Fsp3) is 0.500. The van der Waals surface area contributed by atoms with Gasteiger partial charge in [-0.3, -0.25) is 9.59 Å². The number of Topliss-reactive ketones (excluding diaryl/α,β-unsaturated/α-hetero) is 2. The number of carbonyl (C=O) groups is 2. The molecule has 0 aliphatic heterocycles. The summed E-state index contributed by atoms with van der Waals surface area (Å²) in [6, 6.07) is 2.05. The molecular weight excluding hydrogens is 288 g/mol. The van der Waals surface area contributed by atoms with E-state index in [1.54, 1.807) is 18.3 Å². The molecule has 2 atom stereocenters. The van der Waals surface area contributed by atoms with Crippen LogP contribution in [0.5, 0.6) is 0 Å². The van der Waals surface area contributed by atoms with Gasteiger partial charge in [-0.05, 0) is 41.8 Å². The van der Waals surface area contributed by atoms with Gasteiger partial charge >= 0.3 is 0 Å². The lowest BCUT2D eigenvalue weighted by Gasteiger charge is -2.06. The molecule has 1 heterocycles. The van der Waals surface area contributed by atoms with Crippen molar-refractivity contribution in [2.24, 2.45) is 11.8 Å². The average molecular weight is 301 g/mol. The second-order valence-corrected chi connectivity index (χ2v) is 6.26. The maximum absolute atomic E-state index is 11.7. The topological polar surface area (TPSA) is 34.1 Å². The van der Waals surface area contributed by atoms with Crippen LogP contribution in [0.2, 0.25) is 0 Å². The number of hydrogen-bond acceptors (Lipinski definition) is 3. The molecule has 0 N–H and O–H groups in total. The van der Waals surface area contributed by atoms with E-state index in [-0.39, 0.29) is 23.4 Å². The van der Waals surface area contributed by atoms with Gasteiger partial charge in [0.25, 0.3) is 0 Å². The monoisotopic (exact) mass is 300 g/mol. The summed E-state index contributed by atoms with van der Waals surface area (Å²) in [6.45, 7) is 1.59. The second kappa shape index (κ2) is 4.80. The molecule has 2 rings (SSSR count). The summed E-state index contributed by atoms with van der Waals surface area (Å²) in [6.07, 6.45) is 1.98. The van der Waals surface area contributed by atoms with Crippen LogP contribution in [0.4, 0.5) is 0 Å². The molecule has 1 aromatic rings. The van der Waals surface area contributed by atoms with Gasteiger partial charge in [-0.1, -0.05) is 0 Å². The number of thiophene rings is 1. The third-order valence-electron chi connectivity index (χ3n) is 3.12. The Kier molecular flexibility index (Phi) is 3.60. The number of rotatable bonds is 3. The van der Waals surface area contributed by atoms with E-state index in [0.29, 0.717) is 6.42 Å². The van der Waals surface area contributed by atoms with Crippen molar-refractivity contribution in [2.75, 3.05) is 0 Å². The van der Waals surface area contributed by atoms with E-state index in [1.165, 1.54) is 4.88 Å². The quantitative estimate of drug-likeness (QED) is 0.859. The van der Waals surface area contributed by atoms with Crippen molar-refractivity contribution in [2.45, 2.75) is 26.2 Å². The van der Waals surface area contributed by atoms with Crippen LogP contribution in [0.25, 0.3) is 0 Å². The van der Waals surface area contributed by atoms with Crippen molar-refractivity contribution in [3.8, 4) is 0 Å². The first kappa shape index (κ1) is 12.0. The summed E-state index contributed by atoms with van der Waals surface area (Å²) in [5.74, 6) is 0.438. The number of hydrogen-bond donors (Lipinski definition) is 0. The summed E-state index contributed by atoms with van der Waals surface area (Å²) < 4.78 is 1.07. The molecule has 0 radical (unpaired) electrons. The minimum atomic E-state index is -0.0269. The van der Waals surface area contributed by atoms with E-state index in [0.717, 1.165) is 17.3 Å². The Morgan fingerprint density at radius 2 is 2.38 bits per heavy atom. The van der Waals surface area contributed by atoms with Crippen LogP contribution in [-0.4, -0.2) is 11.6 Å². The Balaban J connectivity index is 2.01. The molecule has 1 aliphatic rings. The molecule has 0 amide bonds. The molecule has 1 saturated carbocycles. The lowest BCUT2D eigenvalue weighted by atomic mass is 9.99. The first-order chi connectivity index (χ1) is 7.56. The fourth-order valence-corrected chi connectivity index (χ4v) is 3.71. The first-order valence-corrected chi connectivity index (χ1v) is 6.99. The van der Waals surface area contributed by atoms with Crippen LogP contribution in [-0.2, 0) is 16.0 Å². The highest BCUT2D eigenvalue weighted by Gasteiger charge is 2.34. The minimum Gasteiger partial charge on any atom is -0.300 e. The van der Waals surface area contributed by atoms with Crippen LogP contribution in [0, 0.1) is 11.8 Å². The van der Waals surface area contributed by atoms with E-state index in [9.17, 15) is 9.59 Å². The van der Waals surface area contributed by atoms with Crippen LogP contribution in [0.15, 0.2) is 15.9 Å². The zero-order valence-electron chi connectivity index (χ0n) is 9.03. The van der Waals surface area contributed by atoms with Gasteiger partial charge in [-0.15, -0.1) is 11.3 Å². The van der Waals surface area contributed by atoms with Crippen molar-refractivity contribution < 1.29 is 9.59 Å². The largest absolute Gasteiger partial charge is 0.300 e. The zero-order valence-corrected chi connectivity index (χ0v) is 11.4. The Bertz CT molecular complexity index is 424. The molecule has 0 spiro atoms. The van der Waals surface area contributed by atoms with E-state index >= 15 is 0 Å². The molecule has 1 fully saturated rings. The van der Waals surface area contributed by atoms with E-state index in [4.69, 9.17) is 0 Å². The summed E-state index contributed by atoms with van der Waals surface area (Å²) in [5.41, 5.74) is 0. The Morgan fingerprint density at radius 3 is 2.88 bits per heavy atom. The normalized spacial score (nSPS) is 25.0. The maximum Gasteiger partial charge on any atom is 0.137 e. The predicted octanol–water partition coefficient (Wildman–Crippen LogP) is 3.24. The van der Waals surface area contributed by atoms with Gasteiger partial charge in [0.2, 0.25) is 0 Å². The molecule has 0 aromatic carbocycles. The van der Waals surface area contributed by atoms with Crippen molar-refractivity contribution in [3.05, 3.63) is 20.8 Å². The molecule has 0 bridgehead atoms. The van der Waals surface area contributed by atoms with Crippen LogP contribution in [0.1, 0.15) is 24.6 Å². The third-order valence-corrected chi connectivity index (χ3v) is 4.84. The molecule has 86 valence electrons. The third kappa shape index (κ3) is 2.61. The van der Waals surface area contributed by atoms with Gasteiger partial charge in [0.05, 0.1) is 0 Å². The van der Waals surface area contributed by atoms with E-state index in [1.807, 2.05) is 5.38 Å². The van der Waals surface area contributed by atoms with Crippen LogP contribution >= 0.6 is 27.3 Å². The number of halogens is 1. The molecule has 4 heteroatoms. The molecule has 2 nitrogen and oxygen atoms in total. The minimum absolute atomic E-state index is 0.0269. The maximum atomic E-state index is 11.7. The van der Waals surface area contributed by atoms with Gasteiger partial charge in [0, 0.05) is 33.0 Å². The van der Waals surface area contributed by atoms with Gasteiger partial charge in [-0.25, -0.2) is 0 Å². The number of ketones is 2. The van der Waals surface area contributed by atoms with E-state index in [2.05, 4.69) is 22.0 Å². The molecule has 1 aliphatic carbocycles. The first-order valence-electron chi connectivity index (χ1n) is 5.32. The van der Waals surface area contributed by atoms with Gasteiger partial charge in [-0.2, -0.15) is 0 Å². The van der Waals surface area contributed by atoms with E-state index < -0.39 is 0 Å². The van der Waals surface area contributed by atoms with Gasteiger partial charge in [0.1, 0.15) is 11.6 Å². The lowest BCUT2D eigenvalue weighted by Crippen LogP contribution is -2.08. The summed E-state index contributed by atoms with van der Waals surface area (Å²) in [7, 11) is 0. The summed E-state index contributed by atoms with van der Waals surface area (Å²) in [5, 5.41) is 2.03. The SMILES string of the molecule is CC(=O)[C@@H]1CC(=O)[C@@H](Cc2cc(Br)cs2)C1. The Hall–Kier alpha value is -0.480. The standard InChI is InChI=1S/C12H13BrO2S/c1-7(14)8-2-9(12(15)4-8)3-11-5-10(13)6-16-11/h5-6,8-9H,2-4H2,1H3/t8-,9+/m0/s1. The van der Waals surface area contributed by atoms with Gasteiger partial charge in [0.15, 0.2) is 0 Å². The molecule has 1 aromatic heterocycles. The van der Waals surface area contributed by atoms with Gasteiger partial charge < -0.3 is 0 Å². The highest BCUT2D eigenvalue weighted by molar-refractivity contribution is 9.10. The fourth-order valence-electron chi connectivity index (χ4n) is 2.18.